The van der Waals surface area contributed by atoms with Crippen molar-refractivity contribution in [1.29, 1.82) is 0 Å². The Morgan fingerprint density at radius 3 is 1.67 bits per heavy atom. The van der Waals surface area contributed by atoms with E-state index in [9.17, 15) is 0 Å². The maximum atomic E-state index is 5.95. The zero-order valence-corrected chi connectivity index (χ0v) is 14.4. The van der Waals surface area contributed by atoms with E-state index in [4.69, 9.17) is 4.74 Å². The average Bonchev–Trinajstić information content (AvgIpc) is 2.39. The molecule has 0 aliphatic heterocycles. The van der Waals surface area contributed by atoms with Crippen LogP contribution in [0.5, 0.6) is 0 Å². The van der Waals surface area contributed by atoms with Crippen LogP contribution in [0.4, 0.5) is 0 Å². The summed E-state index contributed by atoms with van der Waals surface area (Å²) in [6.45, 7) is 9.29. The van der Waals surface area contributed by atoms with Gasteiger partial charge in [-0.25, -0.2) is 0 Å². The molecule has 0 aromatic rings. The van der Waals surface area contributed by atoms with Crippen molar-refractivity contribution in [2.45, 2.75) is 78.5 Å². The molecule has 0 aromatic heterocycles. The lowest BCUT2D eigenvalue weighted by Gasteiger charge is -2.34. The van der Waals surface area contributed by atoms with Crippen molar-refractivity contribution >= 4 is 7.26 Å². The molecule has 0 aromatic carbocycles. The van der Waals surface area contributed by atoms with E-state index < -0.39 is 7.26 Å². The minimum absolute atomic E-state index is 0.584. The number of hydrogen-bond donors (Lipinski definition) is 0. The second-order valence-corrected chi connectivity index (χ2v) is 9.93. The minimum atomic E-state index is -0.878. The third-order valence-corrected chi connectivity index (χ3v) is 9.44. The molecule has 0 saturated carbocycles. The fourth-order valence-electron chi connectivity index (χ4n) is 3.02. The van der Waals surface area contributed by atoms with Gasteiger partial charge in [-0.1, -0.05) is 47.0 Å². The molecule has 0 N–H and O–H groups in total. The molecule has 0 aliphatic carbocycles. The van der Waals surface area contributed by atoms with Crippen LogP contribution < -0.4 is 0 Å². The number of methoxy groups -OCH3 is 1. The van der Waals surface area contributed by atoms with E-state index in [2.05, 4.69) is 27.7 Å². The molecule has 1 nitrogen and oxygen atoms in total. The summed E-state index contributed by atoms with van der Waals surface area (Å²) in [7, 11) is 1.07. The van der Waals surface area contributed by atoms with E-state index >= 15 is 0 Å². The zero-order chi connectivity index (χ0) is 13.9. The molecule has 18 heavy (non-hydrogen) atoms. The summed E-state index contributed by atoms with van der Waals surface area (Å²) in [4.78, 5) is 0. The van der Waals surface area contributed by atoms with E-state index in [1.807, 2.05) is 7.11 Å². The third kappa shape index (κ3) is 6.02. The lowest BCUT2D eigenvalue weighted by Crippen LogP contribution is -2.24. The van der Waals surface area contributed by atoms with Gasteiger partial charge in [0, 0.05) is 20.8 Å². The topological polar surface area (TPSA) is 9.23 Å². The van der Waals surface area contributed by atoms with Crippen LogP contribution in [0.25, 0.3) is 0 Å². The highest BCUT2D eigenvalue weighted by molar-refractivity contribution is 7.76. The van der Waals surface area contributed by atoms with E-state index in [-0.39, 0.29) is 0 Å². The van der Waals surface area contributed by atoms with Crippen LogP contribution in [-0.4, -0.2) is 31.4 Å². The first-order valence-electron chi connectivity index (χ1n) is 8.09. The van der Waals surface area contributed by atoms with Gasteiger partial charge < -0.3 is 4.74 Å². The highest BCUT2D eigenvalue weighted by Crippen LogP contribution is 2.65. The Hall–Kier alpha value is 0.390. The highest BCUT2D eigenvalue weighted by Gasteiger charge is 2.43. The van der Waals surface area contributed by atoms with Gasteiger partial charge >= 0.3 is 0 Å². The summed E-state index contributed by atoms with van der Waals surface area (Å²) >= 11 is 0. The zero-order valence-electron chi connectivity index (χ0n) is 13.5. The molecule has 0 radical (unpaired) electrons. The molecule has 0 amide bonds. The number of unbranched alkanes of at least 4 members (excludes halogenated alkanes) is 2. The molecule has 0 heterocycles. The molecule has 0 rings (SSSR count). The lowest BCUT2D eigenvalue weighted by molar-refractivity contribution is 0.157. The fourth-order valence-corrected chi connectivity index (χ4v) is 8.59. The molecular weight excluding hydrogens is 239 g/mol. The number of hydrogen-bond acceptors (Lipinski definition) is 1. The average molecular weight is 275 g/mol. The predicted molar refractivity (Wildman–Crippen MR) is 87.3 cm³/mol. The van der Waals surface area contributed by atoms with Crippen molar-refractivity contribution in [3.63, 3.8) is 0 Å². The summed E-state index contributed by atoms with van der Waals surface area (Å²) in [5.41, 5.74) is 0. The quantitative estimate of drug-likeness (QED) is 0.410. The molecule has 1 unspecified atom stereocenters. The van der Waals surface area contributed by atoms with Gasteiger partial charge in [0.15, 0.2) is 5.85 Å². The smallest absolute Gasteiger partial charge is 0.166 e. The van der Waals surface area contributed by atoms with Crippen molar-refractivity contribution in [3.8, 4) is 0 Å². The maximum Gasteiger partial charge on any atom is 0.166 e. The van der Waals surface area contributed by atoms with Gasteiger partial charge in [-0.3, -0.25) is 0 Å². The summed E-state index contributed by atoms with van der Waals surface area (Å²) < 4.78 is 5.95. The van der Waals surface area contributed by atoms with Gasteiger partial charge in [0.25, 0.3) is 0 Å². The van der Waals surface area contributed by atoms with Gasteiger partial charge in [-0.2, -0.15) is 0 Å². The molecule has 2 heteroatoms. The summed E-state index contributed by atoms with van der Waals surface area (Å²) in [5, 5.41) is 0. The first-order chi connectivity index (χ1) is 8.70. The third-order valence-electron chi connectivity index (χ3n) is 4.00. The van der Waals surface area contributed by atoms with Gasteiger partial charge in [0.05, 0.1) is 18.5 Å². The Bertz CT molecular complexity index is 174. The molecule has 1 atom stereocenters. The minimum Gasteiger partial charge on any atom is -0.347 e. The Kier molecular flexibility index (Phi) is 11.5. The molecule has 0 aliphatic rings. The predicted octanol–water partition coefficient (Wildman–Crippen LogP) is 5.79. The summed E-state index contributed by atoms with van der Waals surface area (Å²) in [5.74, 6) is 0.584. The van der Waals surface area contributed by atoms with Gasteiger partial charge in [0.1, 0.15) is 0 Å². The van der Waals surface area contributed by atoms with Crippen LogP contribution in [0.1, 0.15) is 72.6 Å². The first-order valence-corrected chi connectivity index (χ1v) is 10.5. The Morgan fingerprint density at radius 1 is 0.778 bits per heavy atom. The van der Waals surface area contributed by atoms with Crippen molar-refractivity contribution in [2.24, 2.45) is 0 Å². The second-order valence-electron chi connectivity index (χ2n) is 5.58. The van der Waals surface area contributed by atoms with E-state index in [0.717, 1.165) is 0 Å². The van der Waals surface area contributed by atoms with Crippen LogP contribution in [-0.2, 0) is 4.74 Å². The highest BCUT2D eigenvalue weighted by atomic mass is 31.2. The Balaban J connectivity index is 4.86. The normalized spacial score (nSPS) is 13.8. The van der Waals surface area contributed by atoms with Crippen LogP contribution in [0, 0.1) is 0 Å². The van der Waals surface area contributed by atoms with Crippen molar-refractivity contribution in [3.05, 3.63) is 0 Å². The second kappa shape index (κ2) is 11.2. The van der Waals surface area contributed by atoms with Crippen molar-refractivity contribution in [2.75, 3.05) is 25.6 Å². The van der Waals surface area contributed by atoms with Crippen LogP contribution in [0.2, 0.25) is 0 Å². The summed E-state index contributed by atoms with van der Waals surface area (Å²) in [6, 6.07) is 0. The van der Waals surface area contributed by atoms with Gasteiger partial charge in [0.2, 0.25) is 0 Å². The molecule has 0 spiro atoms. The van der Waals surface area contributed by atoms with Gasteiger partial charge in [-0.05, 0) is 19.3 Å². The molecule has 0 fully saturated rings. The standard InChI is InChI=1S/C16H36OP/c1-6-10-14-18(13-9-4,15-11-7-2)16(17-5)12-8-3/h16H,6-15H2,1-5H3/q+1. The first kappa shape index (κ1) is 18.4. The van der Waals surface area contributed by atoms with Crippen LogP contribution >= 0.6 is 7.26 Å². The number of rotatable bonds is 12. The van der Waals surface area contributed by atoms with Gasteiger partial charge in [-0.15, -0.1) is 0 Å². The lowest BCUT2D eigenvalue weighted by atomic mass is 10.3. The SMILES string of the molecule is CCCC[P+](CCC)(CCCC)C(CCC)OC. The Labute approximate surface area is 116 Å². The van der Waals surface area contributed by atoms with Crippen LogP contribution in [0.15, 0.2) is 0 Å². The molecule has 110 valence electrons. The maximum absolute atomic E-state index is 5.95. The van der Waals surface area contributed by atoms with E-state index in [0.29, 0.717) is 5.85 Å². The Morgan fingerprint density at radius 2 is 1.33 bits per heavy atom. The number of ether oxygens (including phenoxy) is 1. The summed E-state index contributed by atoms with van der Waals surface area (Å²) in [6.07, 6.45) is 13.7. The molecule has 0 bridgehead atoms. The van der Waals surface area contributed by atoms with Crippen molar-refractivity contribution in [1.82, 2.24) is 0 Å². The largest absolute Gasteiger partial charge is 0.347 e. The monoisotopic (exact) mass is 275 g/mol. The van der Waals surface area contributed by atoms with E-state index in [1.54, 1.807) is 0 Å². The molecule has 0 saturated heterocycles. The van der Waals surface area contributed by atoms with Crippen molar-refractivity contribution < 1.29 is 4.74 Å². The fraction of sp³-hybridized carbons (Fsp3) is 1.00. The van der Waals surface area contributed by atoms with Crippen LogP contribution in [0.3, 0.4) is 0 Å². The molecular formula is C16H36OP+. The van der Waals surface area contributed by atoms with E-state index in [1.165, 1.54) is 63.4 Å².